The first kappa shape index (κ1) is 14.8. The second-order valence-electron chi connectivity index (χ2n) is 4.56. The van der Waals surface area contributed by atoms with Crippen molar-refractivity contribution in [1.29, 1.82) is 0 Å². The van der Waals surface area contributed by atoms with Gasteiger partial charge in [-0.05, 0) is 28.1 Å². The number of nitrogens with one attached hydrogen (secondary N) is 1. The molecule has 0 radical (unpaired) electrons. The minimum Gasteiger partial charge on any atom is -0.298 e. The van der Waals surface area contributed by atoms with Crippen LogP contribution in [0.1, 0.15) is 20.8 Å². The zero-order valence-electron chi connectivity index (χ0n) is 9.78. The van der Waals surface area contributed by atoms with Crippen LogP contribution in [-0.4, -0.2) is 20.7 Å². The van der Waals surface area contributed by atoms with Crippen molar-refractivity contribution in [2.24, 2.45) is 5.41 Å². The van der Waals surface area contributed by atoms with Gasteiger partial charge in [0.1, 0.15) is 4.21 Å². The molecule has 1 aromatic rings. The van der Waals surface area contributed by atoms with E-state index in [2.05, 4.69) is 20.7 Å². The molecule has 1 aromatic heterocycles. The normalized spacial score (nSPS) is 12.7. The number of hydrogen-bond donors (Lipinski definition) is 1. The summed E-state index contributed by atoms with van der Waals surface area (Å²) in [6, 6.07) is 3.16. The Morgan fingerprint density at radius 3 is 2.41 bits per heavy atom. The molecule has 7 heteroatoms. The first-order valence-corrected chi connectivity index (χ1v) is 8.00. The van der Waals surface area contributed by atoms with Gasteiger partial charge in [0.25, 0.3) is 0 Å². The number of halogens is 1. The first-order valence-electron chi connectivity index (χ1n) is 4.91. The van der Waals surface area contributed by atoms with Gasteiger partial charge in [0.2, 0.25) is 10.0 Å². The molecule has 0 aliphatic carbocycles. The average Bonchev–Trinajstić information content (AvgIpc) is 2.60. The molecular formula is C10H14BrNO3S2. The molecule has 1 heterocycles. The quantitative estimate of drug-likeness (QED) is 0.915. The van der Waals surface area contributed by atoms with Crippen LogP contribution in [0.25, 0.3) is 0 Å². The summed E-state index contributed by atoms with van der Waals surface area (Å²) in [5, 5.41) is 0. The fourth-order valence-corrected chi connectivity index (χ4v) is 3.98. The summed E-state index contributed by atoms with van der Waals surface area (Å²) in [4.78, 5) is 11.6. The van der Waals surface area contributed by atoms with Crippen molar-refractivity contribution in [2.75, 3.05) is 6.54 Å². The lowest BCUT2D eigenvalue weighted by atomic mass is 9.91. The van der Waals surface area contributed by atoms with Crippen LogP contribution < -0.4 is 4.72 Å². The molecule has 17 heavy (non-hydrogen) atoms. The van der Waals surface area contributed by atoms with Gasteiger partial charge in [0.05, 0.1) is 10.3 Å². The molecule has 0 saturated carbocycles. The van der Waals surface area contributed by atoms with Gasteiger partial charge < -0.3 is 0 Å². The Kier molecular flexibility index (Phi) is 4.51. The summed E-state index contributed by atoms with van der Waals surface area (Å²) in [5.41, 5.74) is -0.543. The highest BCUT2D eigenvalue weighted by Crippen LogP contribution is 2.25. The van der Waals surface area contributed by atoms with E-state index in [1.165, 1.54) is 6.07 Å². The van der Waals surface area contributed by atoms with E-state index < -0.39 is 15.4 Å². The van der Waals surface area contributed by atoms with Crippen LogP contribution in [-0.2, 0) is 14.8 Å². The van der Waals surface area contributed by atoms with Crippen LogP contribution in [0.5, 0.6) is 0 Å². The second kappa shape index (κ2) is 5.17. The topological polar surface area (TPSA) is 63.2 Å². The lowest BCUT2D eigenvalue weighted by molar-refractivity contribution is -0.125. The molecule has 96 valence electrons. The summed E-state index contributed by atoms with van der Waals surface area (Å²) in [6.45, 7) is 5.09. The lowest BCUT2D eigenvalue weighted by Gasteiger charge is -2.16. The van der Waals surface area contributed by atoms with Crippen molar-refractivity contribution in [3.63, 3.8) is 0 Å². The summed E-state index contributed by atoms with van der Waals surface area (Å²) in [5.74, 6) is -0.142. The van der Waals surface area contributed by atoms with Gasteiger partial charge in [-0.2, -0.15) is 0 Å². The van der Waals surface area contributed by atoms with E-state index in [9.17, 15) is 13.2 Å². The Morgan fingerprint density at radius 1 is 1.41 bits per heavy atom. The molecule has 0 fully saturated rings. The van der Waals surface area contributed by atoms with Crippen molar-refractivity contribution in [3.8, 4) is 0 Å². The molecule has 0 saturated heterocycles. The van der Waals surface area contributed by atoms with E-state index in [1.54, 1.807) is 26.8 Å². The van der Waals surface area contributed by atoms with Crippen molar-refractivity contribution in [2.45, 2.75) is 25.0 Å². The molecule has 0 amide bonds. The fraction of sp³-hybridized carbons (Fsp3) is 0.500. The predicted octanol–water partition coefficient (Wildman–Crippen LogP) is 2.40. The molecule has 0 spiro atoms. The van der Waals surface area contributed by atoms with Gasteiger partial charge in [-0.1, -0.05) is 20.8 Å². The van der Waals surface area contributed by atoms with Gasteiger partial charge in [0, 0.05) is 5.41 Å². The standard InChI is InChI=1S/C10H14BrNO3S2/c1-10(2,3)7(13)6-12-17(14,15)9-5-4-8(11)16-9/h4-5,12H,6H2,1-3H3. The maximum atomic E-state index is 11.8. The lowest BCUT2D eigenvalue weighted by Crippen LogP contribution is -2.35. The Morgan fingerprint density at radius 2 is 2.00 bits per heavy atom. The fourth-order valence-electron chi connectivity index (χ4n) is 0.939. The summed E-state index contributed by atoms with van der Waals surface area (Å²) < 4.78 is 26.8. The number of Topliss-reactive ketones (excluding diaryl/α,β-unsaturated/α-hetero) is 1. The zero-order valence-corrected chi connectivity index (χ0v) is 13.0. The highest BCUT2D eigenvalue weighted by atomic mass is 79.9. The van der Waals surface area contributed by atoms with Crippen LogP contribution in [0.3, 0.4) is 0 Å². The Bertz CT molecular complexity index is 514. The number of ketones is 1. The molecule has 0 atom stereocenters. The highest BCUT2D eigenvalue weighted by Gasteiger charge is 2.24. The zero-order chi connectivity index (χ0) is 13.3. The van der Waals surface area contributed by atoms with E-state index in [-0.39, 0.29) is 16.5 Å². The van der Waals surface area contributed by atoms with Crippen molar-refractivity contribution < 1.29 is 13.2 Å². The predicted molar refractivity (Wildman–Crippen MR) is 71.7 cm³/mol. The van der Waals surface area contributed by atoms with Crippen LogP contribution in [0.15, 0.2) is 20.1 Å². The average molecular weight is 340 g/mol. The highest BCUT2D eigenvalue weighted by molar-refractivity contribution is 9.11. The van der Waals surface area contributed by atoms with Crippen LogP contribution >= 0.6 is 27.3 Å². The number of hydrogen-bond acceptors (Lipinski definition) is 4. The molecule has 0 unspecified atom stereocenters. The number of rotatable bonds is 4. The van der Waals surface area contributed by atoms with Crippen LogP contribution in [0.4, 0.5) is 0 Å². The largest absolute Gasteiger partial charge is 0.298 e. The third-order valence-corrected chi connectivity index (χ3v) is 5.59. The molecular weight excluding hydrogens is 326 g/mol. The molecule has 0 bridgehead atoms. The van der Waals surface area contributed by atoms with Gasteiger partial charge in [-0.25, -0.2) is 13.1 Å². The number of thiophene rings is 1. The SMILES string of the molecule is CC(C)(C)C(=O)CNS(=O)(=O)c1ccc(Br)s1. The molecule has 0 aliphatic rings. The van der Waals surface area contributed by atoms with E-state index >= 15 is 0 Å². The van der Waals surface area contributed by atoms with E-state index in [0.29, 0.717) is 0 Å². The van der Waals surface area contributed by atoms with Crippen molar-refractivity contribution >= 4 is 43.1 Å². The Labute approximate surface area is 114 Å². The Hall–Kier alpha value is -0.240. The minimum absolute atomic E-state index is 0.142. The van der Waals surface area contributed by atoms with Gasteiger partial charge in [-0.3, -0.25) is 4.79 Å². The molecule has 1 rings (SSSR count). The molecule has 4 nitrogen and oxygen atoms in total. The van der Waals surface area contributed by atoms with Crippen LogP contribution in [0, 0.1) is 5.41 Å². The smallest absolute Gasteiger partial charge is 0.250 e. The number of carbonyl (C=O) groups is 1. The molecule has 0 aliphatic heterocycles. The van der Waals surface area contributed by atoms with E-state index in [1.807, 2.05) is 0 Å². The third kappa shape index (κ3) is 4.17. The van der Waals surface area contributed by atoms with Gasteiger partial charge >= 0.3 is 0 Å². The first-order chi connectivity index (χ1) is 7.63. The summed E-state index contributed by atoms with van der Waals surface area (Å²) >= 11 is 4.30. The number of carbonyl (C=O) groups excluding carboxylic acids is 1. The summed E-state index contributed by atoms with van der Waals surface area (Å²) in [7, 11) is -3.58. The monoisotopic (exact) mass is 339 g/mol. The van der Waals surface area contributed by atoms with Crippen molar-refractivity contribution in [1.82, 2.24) is 4.72 Å². The van der Waals surface area contributed by atoms with E-state index in [4.69, 9.17) is 0 Å². The third-order valence-electron chi connectivity index (χ3n) is 2.07. The summed E-state index contributed by atoms with van der Waals surface area (Å²) in [6.07, 6.45) is 0. The Balaban J connectivity index is 2.73. The molecule has 1 N–H and O–H groups in total. The molecule has 0 aromatic carbocycles. The maximum absolute atomic E-state index is 11.8. The minimum atomic E-state index is -3.58. The van der Waals surface area contributed by atoms with E-state index in [0.717, 1.165) is 15.1 Å². The van der Waals surface area contributed by atoms with Crippen LogP contribution in [0.2, 0.25) is 0 Å². The van der Waals surface area contributed by atoms with Crippen molar-refractivity contribution in [3.05, 3.63) is 15.9 Å². The number of sulfonamides is 1. The maximum Gasteiger partial charge on any atom is 0.250 e. The van der Waals surface area contributed by atoms with Gasteiger partial charge in [-0.15, -0.1) is 11.3 Å². The second-order valence-corrected chi connectivity index (χ2v) is 9.01. The van der Waals surface area contributed by atoms with Gasteiger partial charge in [0.15, 0.2) is 5.78 Å².